The molecule has 1 saturated carbocycles. The van der Waals surface area contributed by atoms with Crippen LogP contribution in [0.15, 0.2) is 18.2 Å². The first kappa shape index (κ1) is 11.9. The van der Waals surface area contributed by atoms with Gasteiger partial charge in [-0.05, 0) is 30.4 Å². The van der Waals surface area contributed by atoms with Gasteiger partial charge in [0.2, 0.25) is 0 Å². The van der Waals surface area contributed by atoms with Crippen molar-refractivity contribution in [3.05, 3.63) is 29.6 Å². The van der Waals surface area contributed by atoms with Gasteiger partial charge in [-0.25, -0.2) is 4.39 Å². The molecule has 1 aromatic rings. The number of hydrogen-bond acceptors (Lipinski definition) is 2. The van der Waals surface area contributed by atoms with Crippen molar-refractivity contribution in [1.82, 2.24) is 4.90 Å². The fourth-order valence-corrected chi connectivity index (χ4v) is 1.97. The number of hydrogen-bond donors (Lipinski definition) is 1. The first-order valence-corrected chi connectivity index (χ1v) is 5.73. The molecule has 0 radical (unpaired) electrons. The summed E-state index contributed by atoms with van der Waals surface area (Å²) in [5, 5.41) is 9.08. The zero-order valence-corrected chi connectivity index (χ0v) is 9.98. The minimum Gasteiger partial charge on any atom is -0.508 e. The van der Waals surface area contributed by atoms with Gasteiger partial charge < -0.3 is 10.0 Å². The maximum atomic E-state index is 13.5. The van der Waals surface area contributed by atoms with Gasteiger partial charge in [0.05, 0.1) is 5.56 Å². The van der Waals surface area contributed by atoms with Crippen LogP contribution in [0.2, 0.25) is 0 Å². The monoisotopic (exact) mass is 237 g/mol. The Morgan fingerprint density at radius 3 is 2.76 bits per heavy atom. The van der Waals surface area contributed by atoms with Crippen LogP contribution >= 0.6 is 0 Å². The Morgan fingerprint density at radius 1 is 1.59 bits per heavy atom. The molecule has 92 valence electrons. The number of carbonyl (C=O) groups is 1. The highest BCUT2D eigenvalue weighted by molar-refractivity contribution is 5.94. The predicted molar refractivity (Wildman–Crippen MR) is 62.3 cm³/mol. The number of carbonyl (C=O) groups excluding carboxylic acids is 1. The number of amides is 1. The lowest BCUT2D eigenvalue weighted by atomic mass is 10.1. The van der Waals surface area contributed by atoms with E-state index in [9.17, 15) is 9.18 Å². The van der Waals surface area contributed by atoms with E-state index >= 15 is 0 Å². The van der Waals surface area contributed by atoms with Crippen LogP contribution in [-0.4, -0.2) is 29.5 Å². The number of aromatic hydroxyl groups is 1. The molecule has 0 saturated heterocycles. The summed E-state index contributed by atoms with van der Waals surface area (Å²) in [6.45, 7) is 2.81. The molecule has 0 spiro atoms. The van der Waals surface area contributed by atoms with Crippen molar-refractivity contribution in [2.75, 3.05) is 13.6 Å². The summed E-state index contributed by atoms with van der Waals surface area (Å²) >= 11 is 0. The zero-order valence-electron chi connectivity index (χ0n) is 9.98. The zero-order chi connectivity index (χ0) is 12.6. The predicted octanol–water partition coefficient (Wildman–Crippen LogP) is 2.26. The van der Waals surface area contributed by atoms with Crippen molar-refractivity contribution in [3.8, 4) is 5.75 Å². The highest BCUT2D eigenvalue weighted by Crippen LogP contribution is 2.38. The molecule has 1 amide bonds. The van der Waals surface area contributed by atoms with Gasteiger partial charge in [0.15, 0.2) is 0 Å². The molecule has 1 aromatic carbocycles. The molecule has 0 bridgehead atoms. The molecular formula is C13H16FNO2. The Kier molecular flexibility index (Phi) is 3.05. The van der Waals surface area contributed by atoms with Crippen molar-refractivity contribution in [1.29, 1.82) is 0 Å². The Balaban J connectivity index is 2.07. The van der Waals surface area contributed by atoms with Gasteiger partial charge in [0.1, 0.15) is 11.6 Å². The Labute approximate surface area is 99.9 Å². The number of benzene rings is 1. The molecule has 4 heteroatoms. The quantitative estimate of drug-likeness (QED) is 0.876. The number of nitrogens with zero attached hydrogens (tertiary/aromatic N) is 1. The summed E-state index contributed by atoms with van der Waals surface area (Å²) in [6, 6.07) is 3.60. The minimum atomic E-state index is -0.675. The van der Waals surface area contributed by atoms with Gasteiger partial charge in [-0.1, -0.05) is 6.92 Å². The van der Waals surface area contributed by atoms with Crippen LogP contribution in [0.3, 0.4) is 0 Å². The molecule has 1 N–H and O–H groups in total. The second-order valence-electron chi connectivity index (χ2n) is 4.82. The van der Waals surface area contributed by atoms with Crippen molar-refractivity contribution in [3.63, 3.8) is 0 Å². The summed E-state index contributed by atoms with van der Waals surface area (Å²) in [5.74, 6) is 0.0313. The smallest absolute Gasteiger partial charge is 0.256 e. The number of rotatable bonds is 3. The van der Waals surface area contributed by atoms with Crippen LogP contribution in [0, 0.1) is 17.7 Å². The van der Waals surface area contributed by atoms with Crippen LogP contribution < -0.4 is 0 Å². The number of phenolic OH excluding ortho intramolecular Hbond substituents is 1. The third-order valence-corrected chi connectivity index (χ3v) is 3.31. The van der Waals surface area contributed by atoms with Gasteiger partial charge in [0.25, 0.3) is 5.91 Å². The lowest BCUT2D eigenvalue weighted by Crippen LogP contribution is -2.29. The van der Waals surface area contributed by atoms with Gasteiger partial charge in [-0.3, -0.25) is 4.79 Å². The number of halogens is 1. The van der Waals surface area contributed by atoms with Crippen LogP contribution in [0.4, 0.5) is 4.39 Å². The topological polar surface area (TPSA) is 40.5 Å². The fraction of sp³-hybridized carbons (Fsp3) is 0.462. The average molecular weight is 237 g/mol. The molecule has 17 heavy (non-hydrogen) atoms. The van der Waals surface area contributed by atoms with Crippen molar-refractivity contribution >= 4 is 5.91 Å². The van der Waals surface area contributed by atoms with E-state index in [0.717, 1.165) is 12.5 Å². The molecule has 0 heterocycles. The summed E-state index contributed by atoms with van der Waals surface area (Å²) < 4.78 is 13.5. The van der Waals surface area contributed by atoms with Crippen LogP contribution in [0.5, 0.6) is 5.75 Å². The lowest BCUT2D eigenvalue weighted by Gasteiger charge is -2.17. The third-order valence-electron chi connectivity index (χ3n) is 3.31. The molecule has 1 aliphatic carbocycles. The highest BCUT2D eigenvalue weighted by Gasteiger charge is 2.34. The Bertz CT molecular complexity index is 447. The molecule has 1 aliphatic rings. The number of phenols is 1. The molecule has 0 aromatic heterocycles. The van der Waals surface area contributed by atoms with Crippen LogP contribution in [-0.2, 0) is 0 Å². The molecule has 2 atom stereocenters. The third kappa shape index (κ3) is 2.57. The van der Waals surface area contributed by atoms with E-state index in [2.05, 4.69) is 6.92 Å². The molecular weight excluding hydrogens is 221 g/mol. The minimum absolute atomic E-state index is 0.0126. The normalized spacial score (nSPS) is 22.3. The average Bonchev–Trinajstić information content (AvgIpc) is 2.93. The van der Waals surface area contributed by atoms with E-state index in [-0.39, 0.29) is 17.2 Å². The lowest BCUT2D eigenvalue weighted by molar-refractivity contribution is 0.0782. The van der Waals surface area contributed by atoms with Crippen molar-refractivity contribution in [2.24, 2.45) is 11.8 Å². The Hall–Kier alpha value is -1.58. The van der Waals surface area contributed by atoms with Gasteiger partial charge in [-0.2, -0.15) is 0 Å². The van der Waals surface area contributed by atoms with Crippen LogP contribution in [0.1, 0.15) is 23.7 Å². The first-order chi connectivity index (χ1) is 7.99. The summed E-state index contributed by atoms with van der Waals surface area (Å²) in [7, 11) is 1.68. The molecule has 1 fully saturated rings. The molecule has 2 unspecified atom stereocenters. The van der Waals surface area contributed by atoms with E-state index in [0.29, 0.717) is 18.4 Å². The SMILES string of the molecule is CC1CC1CN(C)C(=O)c1ccc(O)cc1F. The summed E-state index contributed by atoms with van der Waals surface area (Å²) in [6.07, 6.45) is 1.13. The maximum Gasteiger partial charge on any atom is 0.256 e. The van der Waals surface area contributed by atoms with Gasteiger partial charge in [0, 0.05) is 19.7 Å². The van der Waals surface area contributed by atoms with Crippen molar-refractivity contribution < 1.29 is 14.3 Å². The molecule has 0 aliphatic heterocycles. The summed E-state index contributed by atoms with van der Waals surface area (Å²) in [4.78, 5) is 13.5. The van der Waals surface area contributed by atoms with E-state index in [4.69, 9.17) is 5.11 Å². The van der Waals surface area contributed by atoms with E-state index in [1.807, 2.05) is 0 Å². The first-order valence-electron chi connectivity index (χ1n) is 5.73. The second kappa shape index (κ2) is 4.35. The molecule has 3 nitrogen and oxygen atoms in total. The van der Waals surface area contributed by atoms with Crippen LogP contribution in [0.25, 0.3) is 0 Å². The summed E-state index contributed by atoms with van der Waals surface area (Å²) in [5.41, 5.74) is 0.0126. The fourth-order valence-electron chi connectivity index (χ4n) is 1.97. The van der Waals surface area contributed by atoms with E-state index < -0.39 is 5.82 Å². The Morgan fingerprint density at radius 2 is 2.24 bits per heavy atom. The van der Waals surface area contributed by atoms with Gasteiger partial charge in [-0.15, -0.1) is 0 Å². The molecule has 2 rings (SSSR count). The standard InChI is InChI=1S/C13H16FNO2/c1-8-5-9(8)7-15(2)13(17)11-4-3-10(16)6-12(11)14/h3-4,6,8-9,16H,5,7H2,1-2H3. The van der Waals surface area contributed by atoms with Gasteiger partial charge >= 0.3 is 0 Å². The highest BCUT2D eigenvalue weighted by atomic mass is 19.1. The van der Waals surface area contributed by atoms with E-state index in [1.54, 1.807) is 11.9 Å². The van der Waals surface area contributed by atoms with E-state index in [1.165, 1.54) is 12.1 Å². The maximum absolute atomic E-state index is 13.5. The largest absolute Gasteiger partial charge is 0.508 e. The van der Waals surface area contributed by atoms with Crippen molar-refractivity contribution in [2.45, 2.75) is 13.3 Å². The second-order valence-corrected chi connectivity index (χ2v) is 4.82.